The molecule has 0 aliphatic carbocycles. The van der Waals surface area contributed by atoms with Crippen LogP contribution in [0.5, 0.6) is 17.4 Å². The van der Waals surface area contributed by atoms with Gasteiger partial charge >= 0.3 is 0 Å². The van der Waals surface area contributed by atoms with E-state index in [0.717, 1.165) is 0 Å². The summed E-state index contributed by atoms with van der Waals surface area (Å²) in [5.74, 6) is 1.35. The van der Waals surface area contributed by atoms with Gasteiger partial charge < -0.3 is 14.8 Å². The maximum Gasteiger partial charge on any atom is 0.262 e. The summed E-state index contributed by atoms with van der Waals surface area (Å²) < 4.78 is 11.0. The van der Waals surface area contributed by atoms with E-state index >= 15 is 0 Å². The van der Waals surface area contributed by atoms with E-state index in [1.807, 2.05) is 18.2 Å². The highest BCUT2D eigenvalue weighted by atomic mass is 16.5. The molecule has 2 aromatic carbocycles. The number of ether oxygens (including phenoxy) is 2. The Labute approximate surface area is 150 Å². The molecule has 0 saturated carbocycles. The first-order chi connectivity index (χ1) is 12.7. The molecule has 0 unspecified atom stereocenters. The van der Waals surface area contributed by atoms with Crippen molar-refractivity contribution in [3.8, 4) is 23.4 Å². The fraction of sp³-hybridized carbons (Fsp3) is 0.0500. The lowest BCUT2D eigenvalue weighted by molar-refractivity contribution is -0.118. The first-order valence-electron chi connectivity index (χ1n) is 7.85. The summed E-state index contributed by atoms with van der Waals surface area (Å²) >= 11 is 0. The molecular formula is C20H15N3O3. The third-order valence-electron chi connectivity index (χ3n) is 3.33. The highest BCUT2D eigenvalue weighted by Gasteiger charge is 2.05. The molecule has 1 amide bonds. The van der Waals surface area contributed by atoms with Crippen molar-refractivity contribution in [2.24, 2.45) is 0 Å². The number of rotatable bonds is 6. The van der Waals surface area contributed by atoms with Crippen molar-refractivity contribution >= 4 is 11.6 Å². The van der Waals surface area contributed by atoms with E-state index < -0.39 is 0 Å². The number of hydrogen-bond donors (Lipinski definition) is 1. The van der Waals surface area contributed by atoms with Crippen LogP contribution in [0.4, 0.5) is 5.69 Å². The summed E-state index contributed by atoms with van der Waals surface area (Å²) in [6.07, 6.45) is 1.65. The molecular weight excluding hydrogens is 330 g/mol. The molecule has 0 radical (unpaired) electrons. The molecule has 6 heteroatoms. The molecule has 1 heterocycles. The Hall–Kier alpha value is -3.85. The molecule has 128 valence electrons. The molecule has 26 heavy (non-hydrogen) atoms. The number of nitrogens with one attached hydrogen (secondary N) is 1. The Morgan fingerprint density at radius 2 is 1.85 bits per heavy atom. The largest absolute Gasteiger partial charge is 0.484 e. The first kappa shape index (κ1) is 17.0. The van der Waals surface area contributed by atoms with Crippen molar-refractivity contribution < 1.29 is 14.3 Å². The lowest BCUT2D eigenvalue weighted by atomic mass is 10.2. The summed E-state index contributed by atoms with van der Waals surface area (Å²) in [5, 5.41) is 11.5. The van der Waals surface area contributed by atoms with E-state index in [1.165, 1.54) is 0 Å². The fourth-order valence-electron chi connectivity index (χ4n) is 2.14. The monoisotopic (exact) mass is 345 g/mol. The number of carbonyl (C=O) groups excluding carboxylic acids is 1. The zero-order valence-corrected chi connectivity index (χ0v) is 13.8. The number of hydrogen-bond acceptors (Lipinski definition) is 5. The van der Waals surface area contributed by atoms with Gasteiger partial charge in [0.1, 0.15) is 11.5 Å². The Kier molecular flexibility index (Phi) is 5.43. The van der Waals surface area contributed by atoms with Crippen molar-refractivity contribution in [1.82, 2.24) is 4.98 Å². The van der Waals surface area contributed by atoms with Crippen LogP contribution in [0.15, 0.2) is 72.9 Å². The van der Waals surface area contributed by atoms with Crippen LogP contribution < -0.4 is 14.8 Å². The van der Waals surface area contributed by atoms with Crippen LogP contribution >= 0.6 is 0 Å². The maximum atomic E-state index is 11.9. The van der Waals surface area contributed by atoms with Gasteiger partial charge in [0.2, 0.25) is 5.88 Å². The summed E-state index contributed by atoms with van der Waals surface area (Å²) in [5.41, 5.74) is 1.03. The zero-order valence-electron chi connectivity index (χ0n) is 13.8. The number of anilines is 1. The molecule has 0 atom stereocenters. The minimum absolute atomic E-state index is 0.142. The SMILES string of the molecule is N#Cc1cccc(NC(=O)COc2ccc(Oc3ccccn3)cc2)c1. The molecule has 1 N–H and O–H groups in total. The van der Waals surface area contributed by atoms with Crippen LogP contribution in [0.1, 0.15) is 5.56 Å². The molecule has 0 fully saturated rings. The van der Waals surface area contributed by atoms with E-state index in [4.69, 9.17) is 14.7 Å². The maximum absolute atomic E-state index is 11.9. The second kappa shape index (κ2) is 8.31. The zero-order chi connectivity index (χ0) is 18.2. The number of amides is 1. The highest BCUT2D eigenvalue weighted by Crippen LogP contribution is 2.22. The van der Waals surface area contributed by atoms with E-state index in [2.05, 4.69) is 10.3 Å². The number of aromatic nitrogens is 1. The van der Waals surface area contributed by atoms with E-state index in [9.17, 15) is 4.79 Å². The van der Waals surface area contributed by atoms with Gasteiger partial charge in [0.25, 0.3) is 5.91 Å². The average Bonchev–Trinajstić information content (AvgIpc) is 2.68. The van der Waals surface area contributed by atoms with E-state index in [-0.39, 0.29) is 12.5 Å². The van der Waals surface area contributed by atoms with Crippen LogP contribution in [-0.4, -0.2) is 17.5 Å². The van der Waals surface area contributed by atoms with E-state index in [0.29, 0.717) is 28.6 Å². The third kappa shape index (κ3) is 4.82. The molecule has 1 aromatic heterocycles. The molecule has 0 bridgehead atoms. The van der Waals surface area contributed by atoms with Gasteiger partial charge in [0.05, 0.1) is 11.6 Å². The highest BCUT2D eigenvalue weighted by molar-refractivity contribution is 5.92. The molecule has 0 aliphatic heterocycles. The van der Waals surface area contributed by atoms with Gasteiger partial charge in [0.15, 0.2) is 6.61 Å². The van der Waals surface area contributed by atoms with Gasteiger partial charge in [-0.05, 0) is 48.5 Å². The number of nitriles is 1. The quantitative estimate of drug-likeness (QED) is 0.735. The van der Waals surface area contributed by atoms with Gasteiger partial charge in [-0.15, -0.1) is 0 Å². The predicted molar refractivity (Wildman–Crippen MR) is 96.0 cm³/mol. The summed E-state index contributed by atoms with van der Waals surface area (Å²) in [4.78, 5) is 16.0. The van der Waals surface area contributed by atoms with Crippen molar-refractivity contribution in [2.45, 2.75) is 0 Å². The van der Waals surface area contributed by atoms with Crippen molar-refractivity contribution in [1.29, 1.82) is 5.26 Å². The third-order valence-corrected chi connectivity index (χ3v) is 3.33. The smallest absolute Gasteiger partial charge is 0.262 e. The molecule has 3 aromatic rings. The Morgan fingerprint density at radius 3 is 2.58 bits per heavy atom. The second-order valence-electron chi connectivity index (χ2n) is 5.27. The van der Waals surface area contributed by atoms with E-state index in [1.54, 1.807) is 60.8 Å². The van der Waals surface area contributed by atoms with Crippen molar-refractivity contribution in [3.63, 3.8) is 0 Å². The average molecular weight is 345 g/mol. The van der Waals surface area contributed by atoms with Gasteiger partial charge in [-0.2, -0.15) is 5.26 Å². The topological polar surface area (TPSA) is 84.2 Å². The lowest BCUT2D eigenvalue weighted by Gasteiger charge is -2.09. The number of carbonyl (C=O) groups is 1. The second-order valence-corrected chi connectivity index (χ2v) is 5.27. The van der Waals surface area contributed by atoms with Crippen LogP contribution in [0.2, 0.25) is 0 Å². The fourth-order valence-corrected chi connectivity index (χ4v) is 2.14. The normalized spacial score (nSPS) is 9.81. The van der Waals surface area contributed by atoms with Gasteiger partial charge in [0, 0.05) is 18.0 Å². The van der Waals surface area contributed by atoms with Crippen molar-refractivity contribution in [3.05, 3.63) is 78.5 Å². The minimum atomic E-state index is -0.311. The number of benzene rings is 2. The van der Waals surface area contributed by atoms with Gasteiger partial charge in [-0.1, -0.05) is 12.1 Å². The molecule has 0 aliphatic rings. The van der Waals surface area contributed by atoms with Gasteiger partial charge in [-0.3, -0.25) is 4.79 Å². The number of pyridine rings is 1. The Morgan fingerprint density at radius 1 is 1.04 bits per heavy atom. The summed E-state index contributed by atoms with van der Waals surface area (Å²) in [7, 11) is 0. The Balaban J connectivity index is 1.51. The molecule has 6 nitrogen and oxygen atoms in total. The standard InChI is InChI=1S/C20H15N3O3/c21-13-15-4-3-5-16(12-15)23-19(24)14-25-17-7-9-18(10-8-17)26-20-6-1-2-11-22-20/h1-12H,14H2,(H,23,24). The summed E-state index contributed by atoms with van der Waals surface area (Å²) in [6, 6.07) is 21.0. The predicted octanol–water partition coefficient (Wildman–Crippen LogP) is 3.76. The minimum Gasteiger partial charge on any atom is -0.484 e. The summed E-state index contributed by atoms with van der Waals surface area (Å²) in [6.45, 7) is -0.142. The molecule has 0 spiro atoms. The van der Waals surface area contributed by atoms with Crippen molar-refractivity contribution in [2.75, 3.05) is 11.9 Å². The van der Waals surface area contributed by atoms with Crippen LogP contribution in [-0.2, 0) is 4.79 Å². The van der Waals surface area contributed by atoms with Crippen LogP contribution in [0.25, 0.3) is 0 Å². The Bertz CT molecular complexity index is 919. The molecule has 3 rings (SSSR count). The first-order valence-corrected chi connectivity index (χ1v) is 7.85. The number of nitrogens with zero attached hydrogens (tertiary/aromatic N) is 2. The van der Waals surface area contributed by atoms with Crippen LogP contribution in [0.3, 0.4) is 0 Å². The van der Waals surface area contributed by atoms with Crippen LogP contribution in [0, 0.1) is 11.3 Å². The van der Waals surface area contributed by atoms with Gasteiger partial charge in [-0.25, -0.2) is 4.98 Å². The molecule has 0 saturated heterocycles. The lowest BCUT2D eigenvalue weighted by Crippen LogP contribution is -2.20.